The zero-order chi connectivity index (χ0) is 17.8. The van der Waals surface area contributed by atoms with Crippen LogP contribution < -0.4 is 15.4 Å². The number of rotatable bonds is 4. The Bertz CT molecular complexity index is 534. The topological polar surface area (TPSA) is 96.5 Å². The van der Waals surface area contributed by atoms with E-state index in [1.165, 1.54) is 12.8 Å². The molecule has 0 spiro atoms. The number of hydrogen-bond donors (Lipinski definition) is 3. The van der Waals surface area contributed by atoms with Crippen LogP contribution in [0.1, 0.15) is 39.0 Å². The van der Waals surface area contributed by atoms with Crippen LogP contribution in [-0.2, 0) is 14.3 Å². The highest BCUT2D eigenvalue weighted by Crippen LogP contribution is 2.40. The first-order valence-corrected chi connectivity index (χ1v) is 10.8. The summed E-state index contributed by atoms with van der Waals surface area (Å²) in [6.45, 7) is 1.90. The Kier molecular flexibility index (Phi) is 6.51. The highest BCUT2D eigenvalue weighted by molar-refractivity contribution is 8.00. The Hall–Kier alpha value is -0.930. The van der Waals surface area contributed by atoms with Gasteiger partial charge in [-0.1, -0.05) is 24.8 Å². The number of carbonyl (C=O) groups excluding carboxylic acids is 3. The van der Waals surface area contributed by atoms with E-state index >= 15 is 0 Å². The van der Waals surface area contributed by atoms with Gasteiger partial charge in [-0.25, -0.2) is 4.79 Å². The molecule has 5 unspecified atom stereocenters. The van der Waals surface area contributed by atoms with Gasteiger partial charge in [-0.05, 0) is 37.9 Å². The largest absolute Gasteiger partial charge is 0.450 e. The Balaban J connectivity index is 1.55. The normalized spacial score (nSPS) is 34.2. The summed E-state index contributed by atoms with van der Waals surface area (Å²) >= 11 is 3.24. The Morgan fingerprint density at radius 3 is 2.76 bits per heavy atom. The van der Waals surface area contributed by atoms with Gasteiger partial charge in [-0.2, -0.15) is 0 Å². The quantitative estimate of drug-likeness (QED) is 0.631. The maximum absolute atomic E-state index is 12.7. The molecule has 3 aliphatic rings. The lowest BCUT2D eigenvalue weighted by Gasteiger charge is -2.28. The van der Waals surface area contributed by atoms with Gasteiger partial charge in [0.05, 0.1) is 23.9 Å². The fourth-order valence-corrected chi connectivity index (χ4v) is 6.43. The molecule has 3 fully saturated rings. The van der Waals surface area contributed by atoms with Crippen molar-refractivity contribution in [3.8, 4) is 0 Å². The van der Waals surface area contributed by atoms with Crippen LogP contribution in [0.4, 0.5) is 4.79 Å². The van der Waals surface area contributed by atoms with Crippen LogP contribution in [0.15, 0.2) is 0 Å². The Labute approximate surface area is 156 Å². The fourth-order valence-electron chi connectivity index (χ4n) is 3.74. The second-order valence-electron chi connectivity index (χ2n) is 6.61. The van der Waals surface area contributed by atoms with Crippen LogP contribution in [-0.4, -0.2) is 46.9 Å². The van der Waals surface area contributed by atoms with Crippen molar-refractivity contribution in [3.63, 3.8) is 0 Å². The van der Waals surface area contributed by atoms with Gasteiger partial charge in [0.15, 0.2) is 0 Å². The molecule has 0 radical (unpaired) electrons. The second-order valence-corrected chi connectivity index (χ2v) is 8.93. The lowest BCUT2D eigenvalue weighted by molar-refractivity contribution is -0.126. The zero-order valence-electron chi connectivity index (χ0n) is 14.3. The summed E-state index contributed by atoms with van der Waals surface area (Å²) in [5, 5.41) is 5.50. The third-order valence-corrected chi connectivity index (χ3v) is 7.58. The summed E-state index contributed by atoms with van der Waals surface area (Å²) in [6, 6.07) is -0.190. The van der Waals surface area contributed by atoms with Crippen LogP contribution in [0.3, 0.4) is 0 Å². The number of alkyl carbamates (subject to hydrolysis) is 1. The first kappa shape index (κ1) is 18.8. The van der Waals surface area contributed by atoms with Gasteiger partial charge < -0.3 is 10.1 Å². The Morgan fingerprint density at radius 2 is 1.96 bits per heavy atom. The van der Waals surface area contributed by atoms with Crippen molar-refractivity contribution in [3.05, 3.63) is 0 Å². The van der Waals surface area contributed by atoms with Crippen LogP contribution in [0.2, 0.25) is 0 Å². The number of fused-ring (bicyclic) bond motifs is 1. The van der Waals surface area contributed by atoms with Crippen molar-refractivity contribution >= 4 is 41.6 Å². The maximum atomic E-state index is 12.7. The minimum atomic E-state index is -0.728. The number of ether oxygens (including phenoxy) is 1. The summed E-state index contributed by atoms with van der Waals surface area (Å²) in [5.41, 5.74) is 0. The molecule has 0 bridgehead atoms. The number of hydrogen-bond acceptors (Lipinski definition) is 7. The van der Waals surface area contributed by atoms with E-state index in [1.807, 2.05) is 0 Å². The summed E-state index contributed by atoms with van der Waals surface area (Å²) in [6.07, 6.45) is 4.56. The monoisotopic (exact) mass is 387 g/mol. The summed E-state index contributed by atoms with van der Waals surface area (Å²) in [5.74, 6) is 0.338. The highest BCUT2D eigenvalue weighted by atomic mass is 32.2. The third kappa shape index (κ3) is 4.43. The van der Waals surface area contributed by atoms with E-state index in [2.05, 4.69) is 15.4 Å². The highest BCUT2D eigenvalue weighted by Gasteiger charge is 2.44. The smallest absolute Gasteiger partial charge is 0.413 e. The molecule has 2 heterocycles. The van der Waals surface area contributed by atoms with Crippen LogP contribution in [0.5, 0.6) is 0 Å². The number of thioether (sulfide) groups is 1. The molecule has 7 nitrogen and oxygen atoms in total. The molecule has 3 rings (SSSR count). The molecule has 2 aliphatic heterocycles. The lowest BCUT2D eigenvalue weighted by atomic mass is 9.83. The second kappa shape index (κ2) is 8.64. The van der Waals surface area contributed by atoms with E-state index in [0.717, 1.165) is 18.6 Å². The van der Waals surface area contributed by atoms with E-state index in [4.69, 9.17) is 4.74 Å². The first-order valence-electron chi connectivity index (χ1n) is 8.91. The van der Waals surface area contributed by atoms with Gasteiger partial charge in [-0.15, -0.1) is 11.8 Å². The third-order valence-electron chi connectivity index (χ3n) is 5.02. The average molecular weight is 388 g/mol. The summed E-state index contributed by atoms with van der Waals surface area (Å²) in [7, 11) is 0. The molecule has 5 atom stereocenters. The van der Waals surface area contributed by atoms with E-state index in [9.17, 15) is 14.4 Å². The standard InChI is InChI=1S/C16H25N3O4S2/c1-2-23-16(22)18-13(20)10-7-8-24-15(10)17-14(21)12-9-5-3-4-6-11(9)25-19-12/h9-12,15,19H,2-8H2,1H3,(H,17,21)(H,18,20,22). The maximum Gasteiger partial charge on any atom is 0.413 e. The van der Waals surface area contributed by atoms with Crippen molar-refractivity contribution in [2.24, 2.45) is 11.8 Å². The molecular formula is C16H25N3O4S2. The predicted molar refractivity (Wildman–Crippen MR) is 97.9 cm³/mol. The molecule has 2 saturated heterocycles. The molecule has 0 aromatic rings. The summed E-state index contributed by atoms with van der Waals surface area (Å²) in [4.78, 5) is 36.4. The SMILES string of the molecule is CCOC(=O)NC(=O)C1CCSC1NC(=O)C1NSC2CCCCC21. The molecule has 0 aromatic carbocycles. The molecule has 9 heteroatoms. The molecule has 3 amide bonds. The molecule has 1 aliphatic carbocycles. The number of imide groups is 1. The zero-order valence-corrected chi connectivity index (χ0v) is 15.9. The van der Waals surface area contributed by atoms with Gasteiger partial charge in [0, 0.05) is 5.25 Å². The van der Waals surface area contributed by atoms with Gasteiger partial charge in [-0.3, -0.25) is 19.6 Å². The van der Waals surface area contributed by atoms with Crippen molar-refractivity contribution in [2.45, 2.75) is 55.7 Å². The van der Waals surface area contributed by atoms with Gasteiger partial charge in [0.25, 0.3) is 0 Å². The lowest BCUT2D eigenvalue weighted by Crippen LogP contribution is -2.50. The molecular weight excluding hydrogens is 362 g/mol. The molecule has 140 valence electrons. The van der Waals surface area contributed by atoms with Crippen molar-refractivity contribution in [1.82, 2.24) is 15.4 Å². The molecule has 0 aromatic heterocycles. The van der Waals surface area contributed by atoms with E-state index in [0.29, 0.717) is 17.6 Å². The summed E-state index contributed by atoms with van der Waals surface area (Å²) < 4.78 is 8.04. The van der Waals surface area contributed by atoms with Crippen molar-refractivity contribution < 1.29 is 19.1 Å². The number of nitrogens with one attached hydrogen (secondary N) is 3. The average Bonchev–Trinajstić information content (AvgIpc) is 3.21. The minimum Gasteiger partial charge on any atom is -0.450 e. The molecule has 25 heavy (non-hydrogen) atoms. The van der Waals surface area contributed by atoms with Crippen LogP contribution >= 0.6 is 23.7 Å². The van der Waals surface area contributed by atoms with E-state index in [-0.39, 0.29) is 29.8 Å². The van der Waals surface area contributed by atoms with Gasteiger partial charge in [0.2, 0.25) is 11.8 Å². The van der Waals surface area contributed by atoms with E-state index < -0.39 is 12.0 Å². The van der Waals surface area contributed by atoms with Crippen molar-refractivity contribution in [2.75, 3.05) is 12.4 Å². The fraction of sp³-hybridized carbons (Fsp3) is 0.812. The first-order chi connectivity index (χ1) is 12.1. The van der Waals surface area contributed by atoms with Crippen molar-refractivity contribution in [1.29, 1.82) is 0 Å². The molecule has 1 saturated carbocycles. The van der Waals surface area contributed by atoms with E-state index in [1.54, 1.807) is 30.6 Å². The number of carbonyl (C=O) groups is 3. The van der Waals surface area contributed by atoms with Crippen LogP contribution in [0.25, 0.3) is 0 Å². The van der Waals surface area contributed by atoms with Crippen LogP contribution in [0, 0.1) is 11.8 Å². The Morgan fingerprint density at radius 1 is 1.16 bits per heavy atom. The molecule has 3 N–H and O–H groups in total. The minimum absolute atomic E-state index is 0.0322. The van der Waals surface area contributed by atoms with Gasteiger partial charge in [0.1, 0.15) is 0 Å². The number of amides is 3. The predicted octanol–water partition coefficient (Wildman–Crippen LogP) is 1.63. The van der Waals surface area contributed by atoms with Gasteiger partial charge >= 0.3 is 6.09 Å².